The number of anilines is 2. The summed E-state index contributed by atoms with van der Waals surface area (Å²) in [5.41, 5.74) is 4.35. The third-order valence-corrected chi connectivity index (χ3v) is 6.11. The van der Waals surface area contributed by atoms with Gasteiger partial charge in [0.25, 0.3) is 5.91 Å². The highest BCUT2D eigenvalue weighted by Gasteiger charge is 2.28. The fraction of sp³-hybridized carbons (Fsp3) is 0.320. The molecule has 0 radical (unpaired) electrons. The standard InChI is InChI=1S/C25H26N6O2/c1-15-12-16(2)28-25(27-15)30-22-14-26-13-20(29-22)18-8-10-31(11-9-18)24(32)23-17(3)19-6-4-5-7-21(19)33-23/h4-7,12-14,18H,8-11H2,1-3H3,(H,27,28,29,30). The van der Waals surface area contributed by atoms with Gasteiger partial charge in [0.2, 0.25) is 5.95 Å². The van der Waals surface area contributed by atoms with Gasteiger partial charge in [0.1, 0.15) is 5.58 Å². The summed E-state index contributed by atoms with van der Waals surface area (Å²) >= 11 is 0. The number of hydrogen-bond donors (Lipinski definition) is 1. The minimum absolute atomic E-state index is 0.0457. The molecule has 1 saturated heterocycles. The molecule has 8 heteroatoms. The maximum atomic E-state index is 13.1. The number of nitrogens with zero attached hydrogens (tertiary/aromatic N) is 5. The number of furan rings is 1. The number of hydrogen-bond acceptors (Lipinski definition) is 7. The molecule has 3 aromatic heterocycles. The minimum atomic E-state index is -0.0457. The van der Waals surface area contributed by atoms with E-state index < -0.39 is 0 Å². The Bertz CT molecular complexity index is 1300. The highest BCUT2D eigenvalue weighted by Crippen LogP contribution is 2.30. The number of rotatable bonds is 4. The van der Waals surface area contributed by atoms with Crippen molar-refractivity contribution in [3.8, 4) is 0 Å². The van der Waals surface area contributed by atoms with E-state index in [1.54, 1.807) is 12.4 Å². The van der Waals surface area contributed by atoms with Crippen LogP contribution in [0.4, 0.5) is 11.8 Å². The van der Waals surface area contributed by atoms with Crippen LogP contribution in [-0.4, -0.2) is 43.8 Å². The molecular weight excluding hydrogens is 416 g/mol. The number of aryl methyl sites for hydroxylation is 3. The third kappa shape index (κ3) is 4.28. The molecule has 0 unspecified atom stereocenters. The molecule has 1 aromatic carbocycles. The molecule has 1 N–H and O–H groups in total. The third-order valence-electron chi connectivity index (χ3n) is 6.11. The number of fused-ring (bicyclic) bond motifs is 1. The van der Waals surface area contributed by atoms with Gasteiger partial charge < -0.3 is 14.6 Å². The molecule has 1 fully saturated rings. The lowest BCUT2D eigenvalue weighted by Gasteiger charge is -2.31. The van der Waals surface area contributed by atoms with Crippen molar-refractivity contribution in [3.63, 3.8) is 0 Å². The Morgan fingerprint density at radius 2 is 1.76 bits per heavy atom. The van der Waals surface area contributed by atoms with Crippen molar-refractivity contribution in [2.24, 2.45) is 0 Å². The summed E-state index contributed by atoms with van der Waals surface area (Å²) in [6, 6.07) is 9.69. The van der Waals surface area contributed by atoms with Crippen LogP contribution in [0.5, 0.6) is 0 Å². The number of para-hydroxylation sites is 1. The van der Waals surface area contributed by atoms with Gasteiger partial charge in [-0.15, -0.1) is 0 Å². The minimum Gasteiger partial charge on any atom is -0.451 e. The Kier molecular flexibility index (Phi) is 5.50. The molecule has 4 heterocycles. The van der Waals surface area contributed by atoms with Gasteiger partial charge in [-0.3, -0.25) is 9.78 Å². The van der Waals surface area contributed by atoms with Crippen LogP contribution in [0.2, 0.25) is 0 Å². The molecule has 168 valence electrons. The Morgan fingerprint density at radius 3 is 2.48 bits per heavy atom. The molecule has 4 aromatic rings. The zero-order chi connectivity index (χ0) is 22.9. The SMILES string of the molecule is Cc1cc(C)nc(Nc2cncc(C3CCN(C(=O)c4oc5ccccc5c4C)CC3)n2)n1. The average molecular weight is 443 g/mol. The number of piperidine rings is 1. The van der Waals surface area contributed by atoms with Crippen LogP contribution in [0.3, 0.4) is 0 Å². The number of aromatic nitrogens is 4. The highest BCUT2D eigenvalue weighted by atomic mass is 16.3. The lowest BCUT2D eigenvalue weighted by molar-refractivity contribution is 0.0681. The first-order chi connectivity index (χ1) is 16.0. The predicted octanol–water partition coefficient (Wildman–Crippen LogP) is 4.70. The molecule has 0 bridgehead atoms. The van der Waals surface area contributed by atoms with E-state index in [-0.39, 0.29) is 11.8 Å². The number of carbonyl (C=O) groups excluding carboxylic acids is 1. The maximum Gasteiger partial charge on any atom is 0.289 e. The lowest BCUT2D eigenvalue weighted by atomic mass is 9.93. The zero-order valence-corrected chi connectivity index (χ0v) is 19.0. The van der Waals surface area contributed by atoms with E-state index in [0.717, 1.165) is 46.5 Å². The fourth-order valence-corrected chi connectivity index (χ4v) is 4.43. The van der Waals surface area contributed by atoms with E-state index in [2.05, 4.69) is 20.3 Å². The second-order valence-corrected chi connectivity index (χ2v) is 8.55. The summed E-state index contributed by atoms with van der Waals surface area (Å²) in [5, 5.41) is 4.15. The average Bonchev–Trinajstić information content (AvgIpc) is 3.15. The quantitative estimate of drug-likeness (QED) is 0.489. The molecule has 0 spiro atoms. The molecule has 0 atom stereocenters. The van der Waals surface area contributed by atoms with Crippen molar-refractivity contribution in [2.45, 2.75) is 39.5 Å². The van der Waals surface area contributed by atoms with E-state index in [1.807, 2.05) is 56.0 Å². The Balaban J connectivity index is 1.26. The lowest BCUT2D eigenvalue weighted by Crippen LogP contribution is -2.38. The molecule has 0 aliphatic carbocycles. The molecule has 1 amide bonds. The summed E-state index contributed by atoms with van der Waals surface area (Å²) in [6.07, 6.45) is 5.12. The monoisotopic (exact) mass is 442 g/mol. The van der Waals surface area contributed by atoms with Crippen LogP contribution >= 0.6 is 0 Å². The van der Waals surface area contributed by atoms with E-state index in [9.17, 15) is 4.79 Å². The van der Waals surface area contributed by atoms with Crippen molar-refractivity contribution >= 4 is 28.6 Å². The fourth-order valence-electron chi connectivity index (χ4n) is 4.43. The van der Waals surface area contributed by atoms with Crippen LogP contribution in [-0.2, 0) is 0 Å². The van der Waals surface area contributed by atoms with Gasteiger partial charge in [-0.2, -0.15) is 0 Å². The highest BCUT2D eigenvalue weighted by molar-refractivity contribution is 5.98. The summed E-state index contributed by atoms with van der Waals surface area (Å²) in [4.78, 5) is 32.9. The number of likely N-dealkylation sites (tertiary alicyclic amines) is 1. The van der Waals surface area contributed by atoms with E-state index >= 15 is 0 Å². The summed E-state index contributed by atoms with van der Waals surface area (Å²) < 4.78 is 5.88. The topological polar surface area (TPSA) is 97.0 Å². The van der Waals surface area contributed by atoms with Gasteiger partial charge in [-0.1, -0.05) is 18.2 Å². The van der Waals surface area contributed by atoms with Crippen molar-refractivity contribution in [3.05, 3.63) is 71.1 Å². The number of nitrogens with one attached hydrogen (secondary N) is 1. The van der Waals surface area contributed by atoms with Crippen molar-refractivity contribution in [2.75, 3.05) is 18.4 Å². The molecule has 1 aliphatic heterocycles. The van der Waals surface area contributed by atoms with Crippen LogP contribution in [0.1, 0.15) is 52.0 Å². The van der Waals surface area contributed by atoms with Gasteiger partial charge in [0.05, 0.1) is 11.9 Å². The number of benzene rings is 1. The molecule has 5 rings (SSSR count). The van der Waals surface area contributed by atoms with Gasteiger partial charge in [-0.25, -0.2) is 15.0 Å². The van der Waals surface area contributed by atoms with Gasteiger partial charge in [0.15, 0.2) is 11.6 Å². The zero-order valence-electron chi connectivity index (χ0n) is 19.0. The molecule has 33 heavy (non-hydrogen) atoms. The van der Waals surface area contributed by atoms with E-state index in [0.29, 0.717) is 30.6 Å². The van der Waals surface area contributed by atoms with Crippen LogP contribution in [0.25, 0.3) is 11.0 Å². The van der Waals surface area contributed by atoms with E-state index in [1.165, 1.54) is 0 Å². The molecule has 0 saturated carbocycles. The Hall–Kier alpha value is -3.81. The maximum absolute atomic E-state index is 13.1. The van der Waals surface area contributed by atoms with Crippen molar-refractivity contribution < 1.29 is 9.21 Å². The van der Waals surface area contributed by atoms with Crippen LogP contribution in [0, 0.1) is 20.8 Å². The van der Waals surface area contributed by atoms with E-state index in [4.69, 9.17) is 9.40 Å². The largest absolute Gasteiger partial charge is 0.451 e. The number of amides is 1. The first-order valence-corrected chi connectivity index (χ1v) is 11.2. The summed E-state index contributed by atoms with van der Waals surface area (Å²) in [7, 11) is 0. The van der Waals surface area contributed by atoms with Gasteiger partial charge in [-0.05, 0) is 45.7 Å². The Morgan fingerprint density at radius 1 is 1.03 bits per heavy atom. The second kappa shape index (κ2) is 8.61. The summed E-state index contributed by atoms with van der Waals surface area (Å²) in [5.74, 6) is 1.76. The van der Waals surface area contributed by atoms with Crippen LogP contribution < -0.4 is 5.32 Å². The normalized spacial score (nSPS) is 14.6. The number of carbonyl (C=O) groups is 1. The predicted molar refractivity (Wildman–Crippen MR) is 126 cm³/mol. The first-order valence-electron chi connectivity index (χ1n) is 11.2. The second-order valence-electron chi connectivity index (χ2n) is 8.55. The first kappa shape index (κ1) is 21.1. The van der Waals surface area contributed by atoms with Crippen molar-refractivity contribution in [1.29, 1.82) is 0 Å². The van der Waals surface area contributed by atoms with Gasteiger partial charge >= 0.3 is 0 Å². The molecule has 1 aliphatic rings. The molecule has 8 nitrogen and oxygen atoms in total. The van der Waals surface area contributed by atoms with Crippen LogP contribution in [0.15, 0.2) is 47.1 Å². The van der Waals surface area contributed by atoms with Crippen molar-refractivity contribution in [1.82, 2.24) is 24.8 Å². The summed E-state index contributed by atoms with van der Waals surface area (Å²) in [6.45, 7) is 7.12. The smallest absolute Gasteiger partial charge is 0.289 e. The Labute approximate surface area is 192 Å². The molecular formula is C25H26N6O2. The van der Waals surface area contributed by atoms with Gasteiger partial charge in [0, 0.05) is 47.5 Å².